The fraction of sp³-hybridized carbons (Fsp3) is 0.875. The van der Waals surface area contributed by atoms with Gasteiger partial charge in [-0.25, -0.2) is 4.79 Å². The maximum Gasteiger partial charge on any atom is 0.409 e. The van der Waals surface area contributed by atoms with Crippen LogP contribution in [0.2, 0.25) is 0 Å². The fourth-order valence-corrected chi connectivity index (χ4v) is 0.795. The molecule has 0 aromatic carbocycles. The highest BCUT2D eigenvalue weighted by Crippen LogP contribution is 1.91. The molecule has 4 nitrogen and oxygen atoms in total. The van der Waals surface area contributed by atoms with Crippen molar-refractivity contribution in [3.8, 4) is 0 Å². The van der Waals surface area contributed by atoms with Crippen LogP contribution in [0.4, 0.5) is 4.79 Å². The van der Waals surface area contributed by atoms with Crippen molar-refractivity contribution in [1.82, 2.24) is 4.90 Å². The van der Waals surface area contributed by atoms with Crippen LogP contribution < -0.4 is 0 Å². The zero-order valence-electron chi connectivity index (χ0n) is 8.00. The molecule has 72 valence electrons. The topological polar surface area (TPSA) is 38.8 Å². The molecule has 0 aromatic heterocycles. The second kappa shape index (κ2) is 6.91. The van der Waals surface area contributed by atoms with Crippen molar-refractivity contribution in [2.24, 2.45) is 0 Å². The Balaban J connectivity index is 3.31. The molecule has 0 saturated heterocycles. The summed E-state index contributed by atoms with van der Waals surface area (Å²) in [6, 6.07) is 0. The lowest BCUT2D eigenvalue weighted by Gasteiger charge is -2.14. The number of hydrogen-bond donors (Lipinski definition) is 0. The molecule has 0 N–H and O–H groups in total. The van der Waals surface area contributed by atoms with Gasteiger partial charge in [-0.1, -0.05) is 0 Å². The van der Waals surface area contributed by atoms with Gasteiger partial charge < -0.3 is 14.4 Å². The van der Waals surface area contributed by atoms with E-state index in [2.05, 4.69) is 4.74 Å². The average molecular weight is 175 g/mol. The number of rotatable bonds is 5. The molecule has 0 unspecified atom stereocenters. The average Bonchev–Trinajstić information content (AvgIpc) is 2.10. The lowest BCUT2D eigenvalue weighted by atomic mass is 10.4. The van der Waals surface area contributed by atoms with Gasteiger partial charge in [-0.3, -0.25) is 0 Å². The number of carbonyl (C=O) groups excluding carboxylic acids is 1. The van der Waals surface area contributed by atoms with Crippen LogP contribution >= 0.6 is 0 Å². The minimum atomic E-state index is -0.300. The highest BCUT2D eigenvalue weighted by atomic mass is 16.5. The predicted molar refractivity (Wildman–Crippen MR) is 46.1 cm³/mol. The Morgan fingerprint density at radius 1 is 1.50 bits per heavy atom. The highest BCUT2D eigenvalue weighted by molar-refractivity contribution is 5.66. The van der Waals surface area contributed by atoms with Gasteiger partial charge in [-0.15, -0.1) is 0 Å². The zero-order valence-corrected chi connectivity index (χ0v) is 8.00. The first-order valence-corrected chi connectivity index (χ1v) is 4.09. The van der Waals surface area contributed by atoms with E-state index >= 15 is 0 Å². The minimum Gasteiger partial charge on any atom is -0.453 e. The van der Waals surface area contributed by atoms with Crippen LogP contribution in [0.15, 0.2) is 0 Å². The molecule has 0 atom stereocenters. The van der Waals surface area contributed by atoms with Crippen molar-refractivity contribution < 1.29 is 14.3 Å². The molecule has 0 heterocycles. The molecular weight excluding hydrogens is 158 g/mol. The van der Waals surface area contributed by atoms with E-state index in [9.17, 15) is 4.79 Å². The van der Waals surface area contributed by atoms with Crippen molar-refractivity contribution in [2.75, 3.05) is 33.9 Å². The molecule has 0 aliphatic rings. The molecule has 0 aliphatic carbocycles. The second-order valence-electron chi connectivity index (χ2n) is 2.44. The summed E-state index contributed by atoms with van der Waals surface area (Å²) >= 11 is 0. The molecule has 12 heavy (non-hydrogen) atoms. The maximum absolute atomic E-state index is 10.8. The summed E-state index contributed by atoms with van der Waals surface area (Å²) in [6.45, 7) is 4.04. The minimum absolute atomic E-state index is 0.300. The van der Waals surface area contributed by atoms with Crippen molar-refractivity contribution in [2.45, 2.75) is 13.3 Å². The lowest BCUT2D eigenvalue weighted by molar-refractivity contribution is 0.116. The summed E-state index contributed by atoms with van der Waals surface area (Å²) in [4.78, 5) is 12.4. The summed E-state index contributed by atoms with van der Waals surface area (Å²) in [5, 5.41) is 0. The second-order valence-corrected chi connectivity index (χ2v) is 2.44. The Hall–Kier alpha value is -0.770. The molecule has 0 radical (unpaired) electrons. The van der Waals surface area contributed by atoms with Gasteiger partial charge in [-0.05, 0) is 13.3 Å². The van der Waals surface area contributed by atoms with Gasteiger partial charge in [0.1, 0.15) is 0 Å². The third-order valence-electron chi connectivity index (χ3n) is 1.47. The van der Waals surface area contributed by atoms with Gasteiger partial charge in [0, 0.05) is 26.8 Å². The van der Waals surface area contributed by atoms with Crippen LogP contribution in [0.5, 0.6) is 0 Å². The molecule has 0 aromatic rings. The molecule has 4 heteroatoms. The van der Waals surface area contributed by atoms with E-state index in [0.29, 0.717) is 13.2 Å². The number of ether oxygens (including phenoxy) is 2. The van der Waals surface area contributed by atoms with Crippen LogP contribution in [0.25, 0.3) is 0 Å². The normalized spacial score (nSPS) is 9.58. The number of nitrogens with zero attached hydrogens (tertiary/aromatic N) is 1. The molecule has 0 fully saturated rings. The molecular formula is C8H17NO3. The van der Waals surface area contributed by atoms with E-state index in [1.54, 1.807) is 7.05 Å². The molecule has 0 bridgehead atoms. The van der Waals surface area contributed by atoms with Crippen molar-refractivity contribution in [3.63, 3.8) is 0 Å². The van der Waals surface area contributed by atoms with Crippen molar-refractivity contribution in [3.05, 3.63) is 0 Å². The van der Waals surface area contributed by atoms with E-state index in [1.165, 1.54) is 12.0 Å². The van der Waals surface area contributed by atoms with Crippen molar-refractivity contribution >= 4 is 6.09 Å². The number of carbonyl (C=O) groups is 1. The predicted octanol–water partition coefficient (Wildman–Crippen LogP) is 1.11. The summed E-state index contributed by atoms with van der Waals surface area (Å²) in [6.07, 6.45) is 0.547. The van der Waals surface area contributed by atoms with E-state index in [-0.39, 0.29) is 6.09 Å². The van der Waals surface area contributed by atoms with E-state index in [1.807, 2.05) is 6.92 Å². The smallest absolute Gasteiger partial charge is 0.409 e. The Morgan fingerprint density at radius 3 is 2.67 bits per heavy atom. The Kier molecular flexibility index (Phi) is 6.47. The molecule has 0 saturated carbocycles. The Labute approximate surface area is 73.4 Å². The van der Waals surface area contributed by atoms with Crippen LogP contribution in [-0.2, 0) is 9.47 Å². The van der Waals surface area contributed by atoms with E-state index in [4.69, 9.17) is 4.74 Å². The van der Waals surface area contributed by atoms with Crippen LogP contribution in [0, 0.1) is 0 Å². The monoisotopic (exact) mass is 175 g/mol. The maximum atomic E-state index is 10.8. The SMILES string of the molecule is CCOCCCN(C)C(=O)OC. The fourth-order valence-electron chi connectivity index (χ4n) is 0.795. The lowest BCUT2D eigenvalue weighted by Crippen LogP contribution is -2.28. The largest absolute Gasteiger partial charge is 0.453 e. The summed E-state index contributed by atoms with van der Waals surface area (Å²) in [5.74, 6) is 0. The first-order valence-electron chi connectivity index (χ1n) is 4.09. The van der Waals surface area contributed by atoms with E-state index < -0.39 is 0 Å². The van der Waals surface area contributed by atoms with Gasteiger partial charge in [-0.2, -0.15) is 0 Å². The first-order chi connectivity index (χ1) is 5.72. The third kappa shape index (κ3) is 4.96. The van der Waals surface area contributed by atoms with Crippen LogP contribution in [0.1, 0.15) is 13.3 Å². The van der Waals surface area contributed by atoms with Crippen LogP contribution in [0.3, 0.4) is 0 Å². The number of hydrogen-bond acceptors (Lipinski definition) is 3. The van der Waals surface area contributed by atoms with Gasteiger partial charge in [0.2, 0.25) is 0 Å². The first kappa shape index (κ1) is 11.2. The van der Waals surface area contributed by atoms with Gasteiger partial charge in [0.15, 0.2) is 0 Å². The zero-order chi connectivity index (χ0) is 9.40. The Morgan fingerprint density at radius 2 is 2.17 bits per heavy atom. The van der Waals surface area contributed by atoms with Gasteiger partial charge in [0.05, 0.1) is 7.11 Å². The molecule has 0 aliphatic heterocycles. The third-order valence-corrected chi connectivity index (χ3v) is 1.47. The van der Waals surface area contributed by atoms with Gasteiger partial charge in [0.25, 0.3) is 0 Å². The molecule has 0 rings (SSSR count). The van der Waals surface area contributed by atoms with E-state index in [0.717, 1.165) is 13.0 Å². The quantitative estimate of drug-likeness (QED) is 0.587. The Bertz CT molecular complexity index is 127. The summed E-state index contributed by atoms with van der Waals surface area (Å²) in [5.41, 5.74) is 0. The summed E-state index contributed by atoms with van der Waals surface area (Å²) in [7, 11) is 3.08. The molecule has 1 amide bonds. The molecule has 0 spiro atoms. The standard InChI is InChI=1S/C8H17NO3/c1-4-12-7-5-6-9(2)8(10)11-3/h4-7H2,1-3H3. The highest BCUT2D eigenvalue weighted by Gasteiger charge is 2.05. The summed E-state index contributed by atoms with van der Waals surface area (Å²) < 4.78 is 9.63. The number of methoxy groups -OCH3 is 1. The van der Waals surface area contributed by atoms with Crippen LogP contribution in [-0.4, -0.2) is 44.9 Å². The van der Waals surface area contributed by atoms with Gasteiger partial charge >= 0.3 is 6.09 Å². The number of amides is 1. The van der Waals surface area contributed by atoms with Crippen molar-refractivity contribution in [1.29, 1.82) is 0 Å².